The summed E-state index contributed by atoms with van der Waals surface area (Å²) < 4.78 is 0. The third-order valence-corrected chi connectivity index (χ3v) is 3.15. The van der Waals surface area contributed by atoms with E-state index in [1.165, 1.54) is 0 Å². The Morgan fingerprint density at radius 2 is 2.30 bits per heavy atom. The molecule has 0 radical (unpaired) electrons. The van der Waals surface area contributed by atoms with Crippen molar-refractivity contribution in [1.82, 2.24) is 10.2 Å². The van der Waals surface area contributed by atoms with E-state index in [0.29, 0.717) is 6.42 Å². The summed E-state index contributed by atoms with van der Waals surface area (Å²) in [6.45, 7) is 2.08. The number of carbonyl (C=O) groups is 1. The van der Waals surface area contributed by atoms with Crippen LogP contribution >= 0.6 is 0 Å². The first-order valence-corrected chi connectivity index (χ1v) is 6.87. The quantitative estimate of drug-likeness (QED) is 0.755. The molecule has 2 aromatic rings. The standard InChI is InChI=1S/C15H20N4O/c1-2-3-7-13(16)15(20)18-12-6-4-5-11(10-12)14-8-9-17-19-14/h4-6,8-10,13H,2-3,7,16H2,1H3,(H,17,19)(H,18,20). The number of anilines is 1. The van der Waals surface area contributed by atoms with Gasteiger partial charge in [-0.2, -0.15) is 5.10 Å². The molecule has 1 amide bonds. The van der Waals surface area contributed by atoms with Gasteiger partial charge in [-0.1, -0.05) is 31.9 Å². The lowest BCUT2D eigenvalue weighted by atomic mass is 10.1. The van der Waals surface area contributed by atoms with Crippen molar-refractivity contribution in [2.45, 2.75) is 32.2 Å². The van der Waals surface area contributed by atoms with Gasteiger partial charge in [0, 0.05) is 17.4 Å². The minimum atomic E-state index is -0.453. The number of nitrogens with one attached hydrogen (secondary N) is 2. The van der Waals surface area contributed by atoms with Crippen LogP contribution in [0.4, 0.5) is 5.69 Å². The summed E-state index contributed by atoms with van der Waals surface area (Å²) in [5, 5.41) is 9.67. The highest BCUT2D eigenvalue weighted by Crippen LogP contribution is 2.20. The van der Waals surface area contributed by atoms with E-state index in [2.05, 4.69) is 22.4 Å². The highest BCUT2D eigenvalue weighted by atomic mass is 16.2. The number of benzene rings is 1. The first-order valence-electron chi connectivity index (χ1n) is 6.87. The molecule has 1 heterocycles. The van der Waals surface area contributed by atoms with Gasteiger partial charge in [-0.25, -0.2) is 0 Å². The van der Waals surface area contributed by atoms with Crippen molar-refractivity contribution in [2.24, 2.45) is 5.73 Å². The largest absolute Gasteiger partial charge is 0.325 e. The lowest BCUT2D eigenvalue weighted by Gasteiger charge is -2.12. The summed E-state index contributed by atoms with van der Waals surface area (Å²) in [5.41, 5.74) is 8.49. The number of nitrogens with zero attached hydrogens (tertiary/aromatic N) is 1. The SMILES string of the molecule is CCCCC(N)C(=O)Nc1cccc(-c2ccn[nH]2)c1. The Kier molecular flexibility index (Phi) is 4.90. The first-order chi connectivity index (χ1) is 9.70. The molecule has 0 fully saturated rings. The zero-order valence-electron chi connectivity index (χ0n) is 11.6. The van der Waals surface area contributed by atoms with Crippen LogP contribution in [-0.4, -0.2) is 22.1 Å². The molecule has 0 saturated heterocycles. The van der Waals surface area contributed by atoms with Crippen molar-refractivity contribution in [2.75, 3.05) is 5.32 Å². The van der Waals surface area contributed by atoms with Gasteiger partial charge in [0.25, 0.3) is 0 Å². The summed E-state index contributed by atoms with van der Waals surface area (Å²) >= 11 is 0. The van der Waals surface area contributed by atoms with Gasteiger partial charge in [0.15, 0.2) is 0 Å². The predicted molar refractivity (Wildman–Crippen MR) is 80.2 cm³/mol. The summed E-state index contributed by atoms with van der Waals surface area (Å²) in [4.78, 5) is 12.0. The molecule has 5 heteroatoms. The Labute approximate surface area is 118 Å². The third kappa shape index (κ3) is 3.68. The van der Waals surface area contributed by atoms with Crippen molar-refractivity contribution in [3.05, 3.63) is 36.5 Å². The average molecular weight is 272 g/mol. The molecule has 0 aliphatic rings. The van der Waals surface area contributed by atoms with Crippen LogP contribution < -0.4 is 11.1 Å². The fourth-order valence-corrected chi connectivity index (χ4v) is 1.97. The maximum absolute atomic E-state index is 12.0. The topological polar surface area (TPSA) is 83.8 Å². The Morgan fingerprint density at radius 1 is 1.45 bits per heavy atom. The second-order valence-corrected chi connectivity index (χ2v) is 4.79. The molecule has 0 aliphatic heterocycles. The number of carbonyl (C=O) groups excluding carboxylic acids is 1. The van der Waals surface area contributed by atoms with E-state index < -0.39 is 6.04 Å². The fraction of sp³-hybridized carbons (Fsp3) is 0.333. The molecule has 0 saturated carbocycles. The molecule has 0 spiro atoms. The lowest BCUT2D eigenvalue weighted by molar-refractivity contribution is -0.117. The Hall–Kier alpha value is -2.14. The first kappa shape index (κ1) is 14.3. The van der Waals surface area contributed by atoms with Crippen LogP contribution in [0.1, 0.15) is 26.2 Å². The zero-order chi connectivity index (χ0) is 14.4. The lowest BCUT2D eigenvalue weighted by Crippen LogP contribution is -2.35. The second kappa shape index (κ2) is 6.86. The highest BCUT2D eigenvalue weighted by Gasteiger charge is 2.13. The van der Waals surface area contributed by atoms with E-state index in [1.54, 1.807) is 6.20 Å². The van der Waals surface area contributed by atoms with E-state index >= 15 is 0 Å². The Morgan fingerprint density at radius 3 is 3.00 bits per heavy atom. The minimum absolute atomic E-state index is 0.139. The number of H-pyrrole nitrogens is 1. The van der Waals surface area contributed by atoms with Crippen molar-refractivity contribution in [1.29, 1.82) is 0 Å². The molecule has 5 nitrogen and oxygen atoms in total. The summed E-state index contributed by atoms with van der Waals surface area (Å²) in [5.74, 6) is -0.139. The predicted octanol–water partition coefficient (Wildman–Crippen LogP) is 2.53. The van der Waals surface area contributed by atoms with Crippen molar-refractivity contribution >= 4 is 11.6 Å². The number of rotatable bonds is 6. The minimum Gasteiger partial charge on any atom is -0.325 e. The van der Waals surface area contributed by atoms with Gasteiger partial charge in [-0.05, 0) is 24.6 Å². The smallest absolute Gasteiger partial charge is 0.241 e. The number of amides is 1. The average Bonchev–Trinajstić information content (AvgIpc) is 2.99. The Bertz CT molecular complexity index is 551. The highest BCUT2D eigenvalue weighted by molar-refractivity contribution is 5.95. The number of hydrogen-bond donors (Lipinski definition) is 3. The van der Waals surface area contributed by atoms with Gasteiger partial charge in [-0.3, -0.25) is 9.89 Å². The molecule has 1 aromatic heterocycles. The molecular formula is C15H20N4O. The van der Waals surface area contributed by atoms with Crippen LogP contribution in [0.25, 0.3) is 11.3 Å². The van der Waals surface area contributed by atoms with Crippen molar-refractivity contribution in [3.63, 3.8) is 0 Å². The molecular weight excluding hydrogens is 252 g/mol. The molecule has 1 unspecified atom stereocenters. The number of aromatic amines is 1. The van der Waals surface area contributed by atoms with E-state index in [1.807, 2.05) is 30.3 Å². The van der Waals surface area contributed by atoms with Gasteiger partial charge >= 0.3 is 0 Å². The van der Waals surface area contributed by atoms with Crippen LogP contribution in [0, 0.1) is 0 Å². The Balaban J connectivity index is 2.03. The molecule has 4 N–H and O–H groups in total. The van der Waals surface area contributed by atoms with Crippen molar-refractivity contribution in [3.8, 4) is 11.3 Å². The second-order valence-electron chi connectivity index (χ2n) is 4.79. The maximum atomic E-state index is 12.0. The van der Waals surface area contributed by atoms with Crippen LogP contribution in [0.5, 0.6) is 0 Å². The van der Waals surface area contributed by atoms with Crippen LogP contribution in [0.2, 0.25) is 0 Å². The van der Waals surface area contributed by atoms with E-state index in [0.717, 1.165) is 29.8 Å². The zero-order valence-corrected chi connectivity index (χ0v) is 11.6. The van der Waals surface area contributed by atoms with Crippen LogP contribution in [0.15, 0.2) is 36.5 Å². The van der Waals surface area contributed by atoms with Gasteiger partial charge < -0.3 is 11.1 Å². The van der Waals surface area contributed by atoms with Gasteiger partial charge in [0.05, 0.1) is 11.7 Å². The molecule has 106 valence electrons. The van der Waals surface area contributed by atoms with E-state index in [9.17, 15) is 4.79 Å². The molecule has 1 atom stereocenters. The molecule has 2 rings (SSSR count). The van der Waals surface area contributed by atoms with Crippen LogP contribution in [-0.2, 0) is 4.79 Å². The summed E-state index contributed by atoms with van der Waals surface area (Å²) in [6.07, 6.45) is 4.41. The molecule has 1 aromatic carbocycles. The molecule has 20 heavy (non-hydrogen) atoms. The number of unbranched alkanes of at least 4 members (excludes halogenated alkanes) is 1. The van der Waals surface area contributed by atoms with E-state index in [4.69, 9.17) is 5.73 Å². The summed E-state index contributed by atoms with van der Waals surface area (Å²) in [6, 6.07) is 9.03. The normalized spacial score (nSPS) is 12.1. The molecule has 0 aliphatic carbocycles. The van der Waals surface area contributed by atoms with Crippen LogP contribution in [0.3, 0.4) is 0 Å². The van der Waals surface area contributed by atoms with Gasteiger partial charge in [0.2, 0.25) is 5.91 Å². The third-order valence-electron chi connectivity index (χ3n) is 3.15. The van der Waals surface area contributed by atoms with Crippen molar-refractivity contribution < 1.29 is 4.79 Å². The molecule has 0 bridgehead atoms. The fourth-order valence-electron chi connectivity index (χ4n) is 1.97. The maximum Gasteiger partial charge on any atom is 0.241 e. The number of aromatic nitrogens is 2. The van der Waals surface area contributed by atoms with Gasteiger partial charge in [0.1, 0.15) is 0 Å². The van der Waals surface area contributed by atoms with Gasteiger partial charge in [-0.15, -0.1) is 0 Å². The summed E-state index contributed by atoms with van der Waals surface area (Å²) in [7, 11) is 0. The monoisotopic (exact) mass is 272 g/mol. The number of hydrogen-bond acceptors (Lipinski definition) is 3. The number of nitrogens with two attached hydrogens (primary N) is 1. The van der Waals surface area contributed by atoms with E-state index in [-0.39, 0.29) is 5.91 Å².